The summed E-state index contributed by atoms with van der Waals surface area (Å²) in [5.74, 6) is 0.0299. The summed E-state index contributed by atoms with van der Waals surface area (Å²) in [4.78, 5) is 13.1. The van der Waals surface area contributed by atoms with Gasteiger partial charge >= 0.3 is 0 Å². The van der Waals surface area contributed by atoms with Crippen LogP contribution in [0.25, 0.3) is 0 Å². The molecule has 0 unspecified atom stereocenters. The summed E-state index contributed by atoms with van der Waals surface area (Å²) in [6.07, 6.45) is 0.479. The number of amides is 1. The second-order valence-electron chi connectivity index (χ2n) is 2.73. The standard InChI is InChI=1S/C9H17N3O/c1-3-11-9(13)8-12(4-2)7-5-6-10/h3-5,7-8H2,1-2H3,(H,11,13). The molecule has 13 heavy (non-hydrogen) atoms. The third-order valence-electron chi connectivity index (χ3n) is 1.73. The first-order chi connectivity index (χ1) is 6.24. The summed E-state index contributed by atoms with van der Waals surface area (Å²) in [5.41, 5.74) is 0. The third-order valence-corrected chi connectivity index (χ3v) is 1.73. The molecule has 0 aromatic heterocycles. The molecule has 0 radical (unpaired) electrons. The SMILES string of the molecule is CCNC(=O)CN(CC)CCC#N. The zero-order valence-corrected chi connectivity index (χ0v) is 8.34. The topological polar surface area (TPSA) is 56.1 Å². The summed E-state index contributed by atoms with van der Waals surface area (Å²) < 4.78 is 0. The number of nitrogens with one attached hydrogen (secondary N) is 1. The first kappa shape index (κ1) is 11.9. The fourth-order valence-corrected chi connectivity index (χ4v) is 1.01. The quantitative estimate of drug-likeness (QED) is 0.646. The zero-order chi connectivity index (χ0) is 10.1. The summed E-state index contributed by atoms with van der Waals surface area (Å²) in [6, 6.07) is 2.06. The number of carbonyl (C=O) groups is 1. The number of hydrogen-bond donors (Lipinski definition) is 1. The van der Waals surface area contributed by atoms with E-state index in [4.69, 9.17) is 5.26 Å². The largest absolute Gasteiger partial charge is 0.355 e. The Morgan fingerprint density at radius 3 is 2.69 bits per heavy atom. The van der Waals surface area contributed by atoms with Gasteiger partial charge in [-0.15, -0.1) is 0 Å². The van der Waals surface area contributed by atoms with Crippen molar-refractivity contribution in [1.29, 1.82) is 5.26 Å². The maximum absolute atomic E-state index is 11.1. The van der Waals surface area contributed by atoms with E-state index >= 15 is 0 Å². The van der Waals surface area contributed by atoms with Crippen LogP contribution in [0.2, 0.25) is 0 Å². The Balaban J connectivity index is 3.70. The summed E-state index contributed by atoms with van der Waals surface area (Å²) in [6.45, 7) is 6.41. The fraction of sp³-hybridized carbons (Fsp3) is 0.778. The number of hydrogen-bond acceptors (Lipinski definition) is 3. The lowest BCUT2D eigenvalue weighted by atomic mass is 10.4. The molecular weight excluding hydrogens is 166 g/mol. The highest BCUT2D eigenvalue weighted by atomic mass is 16.2. The smallest absolute Gasteiger partial charge is 0.234 e. The van der Waals surface area contributed by atoms with Gasteiger partial charge in [0, 0.05) is 19.5 Å². The van der Waals surface area contributed by atoms with Crippen molar-refractivity contribution in [3.05, 3.63) is 0 Å². The maximum Gasteiger partial charge on any atom is 0.234 e. The van der Waals surface area contributed by atoms with Crippen LogP contribution in [0.15, 0.2) is 0 Å². The van der Waals surface area contributed by atoms with E-state index in [1.54, 1.807) is 0 Å². The first-order valence-corrected chi connectivity index (χ1v) is 4.60. The van der Waals surface area contributed by atoms with Crippen molar-refractivity contribution in [3.63, 3.8) is 0 Å². The van der Waals surface area contributed by atoms with Gasteiger partial charge in [0.1, 0.15) is 0 Å². The zero-order valence-electron chi connectivity index (χ0n) is 8.34. The summed E-state index contributed by atoms with van der Waals surface area (Å²) in [7, 11) is 0. The minimum absolute atomic E-state index is 0.0299. The van der Waals surface area contributed by atoms with E-state index in [2.05, 4.69) is 11.4 Å². The second-order valence-corrected chi connectivity index (χ2v) is 2.73. The lowest BCUT2D eigenvalue weighted by Crippen LogP contribution is -2.37. The van der Waals surface area contributed by atoms with Crippen molar-refractivity contribution in [1.82, 2.24) is 10.2 Å². The predicted octanol–water partition coefficient (Wildman–Crippen LogP) is 0.358. The maximum atomic E-state index is 11.1. The second kappa shape index (κ2) is 7.56. The van der Waals surface area contributed by atoms with Crippen molar-refractivity contribution in [2.45, 2.75) is 20.3 Å². The number of carbonyl (C=O) groups excluding carboxylic acids is 1. The monoisotopic (exact) mass is 183 g/mol. The minimum atomic E-state index is 0.0299. The Kier molecular flexibility index (Phi) is 6.93. The molecule has 0 aromatic carbocycles. The molecule has 0 rings (SSSR count). The Labute approximate surface area is 79.5 Å². The molecule has 1 amide bonds. The number of rotatable bonds is 6. The van der Waals surface area contributed by atoms with E-state index in [0.29, 0.717) is 26.1 Å². The van der Waals surface area contributed by atoms with Crippen molar-refractivity contribution in [2.75, 3.05) is 26.2 Å². The van der Waals surface area contributed by atoms with Gasteiger partial charge in [-0.25, -0.2) is 0 Å². The van der Waals surface area contributed by atoms with Crippen LogP contribution < -0.4 is 5.32 Å². The lowest BCUT2D eigenvalue weighted by molar-refractivity contribution is -0.122. The average molecular weight is 183 g/mol. The molecule has 74 valence electrons. The molecule has 4 nitrogen and oxygen atoms in total. The molecule has 0 heterocycles. The molecule has 0 fully saturated rings. The molecule has 4 heteroatoms. The molecule has 0 aliphatic rings. The van der Waals surface area contributed by atoms with Crippen LogP contribution >= 0.6 is 0 Å². The molecule has 0 aliphatic heterocycles. The molecule has 0 spiro atoms. The molecule has 0 aromatic rings. The number of nitriles is 1. The van der Waals surface area contributed by atoms with Crippen LogP contribution in [0.5, 0.6) is 0 Å². The predicted molar refractivity (Wildman–Crippen MR) is 51.0 cm³/mol. The molecule has 0 saturated heterocycles. The van der Waals surface area contributed by atoms with Crippen LogP contribution in [0.4, 0.5) is 0 Å². The first-order valence-electron chi connectivity index (χ1n) is 4.60. The fourth-order valence-electron chi connectivity index (χ4n) is 1.01. The van der Waals surface area contributed by atoms with E-state index in [1.807, 2.05) is 18.7 Å². The van der Waals surface area contributed by atoms with Gasteiger partial charge in [-0.3, -0.25) is 9.69 Å². The Bertz CT molecular complexity index is 186. The lowest BCUT2D eigenvalue weighted by Gasteiger charge is -2.17. The van der Waals surface area contributed by atoms with Crippen LogP contribution in [0, 0.1) is 11.3 Å². The van der Waals surface area contributed by atoms with Crippen molar-refractivity contribution in [3.8, 4) is 6.07 Å². The van der Waals surface area contributed by atoms with Gasteiger partial charge in [-0.1, -0.05) is 6.92 Å². The van der Waals surface area contributed by atoms with E-state index in [9.17, 15) is 4.79 Å². The van der Waals surface area contributed by atoms with Gasteiger partial charge in [0.25, 0.3) is 0 Å². The molecule has 0 aliphatic carbocycles. The van der Waals surface area contributed by atoms with Crippen molar-refractivity contribution >= 4 is 5.91 Å². The minimum Gasteiger partial charge on any atom is -0.355 e. The molecule has 0 atom stereocenters. The Morgan fingerprint density at radius 1 is 1.54 bits per heavy atom. The van der Waals surface area contributed by atoms with Gasteiger partial charge < -0.3 is 5.32 Å². The Hall–Kier alpha value is -1.08. The van der Waals surface area contributed by atoms with Gasteiger partial charge in [0.15, 0.2) is 0 Å². The third kappa shape index (κ3) is 6.12. The van der Waals surface area contributed by atoms with Crippen LogP contribution in [0.3, 0.4) is 0 Å². The van der Waals surface area contributed by atoms with Crippen molar-refractivity contribution in [2.24, 2.45) is 0 Å². The van der Waals surface area contributed by atoms with Gasteiger partial charge in [-0.2, -0.15) is 5.26 Å². The van der Waals surface area contributed by atoms with Gasteiger partial charge in [-0.05, 0) is 13.5 Å². The van der Waals surface area contributed by atoms with E-state index < -0.39 is 0 Å². The number of likely N-dealkylation sites (N-methyl/N-ethyl adjacent to an activating group) is 2. The molecule has 0 bridgehead atoms. The van der Waals surface area contributed by atoms with Crippen LogP contribution in [0.1, 0.15) is 20.3 Å². The van der Waals surface area contributed by atoms with Crippen LogP contribution in [-0.4, -0.2) is 37.0 Å². The van der Waals surface area contributed by atoms with Crippen molar-refractivity contribution < 1.29 is 4.79 Å². The summed E-state index contributed by atoms with van der Waals surface area (Å²) in [5, 5.41) is 11.1. The number of nitrogens with zero attached hydrogens (tertiary/aromatic N) is 2. The highest BCUT2D eigenvalue weighted by Gasteiger charge is 2.06. The highest BCUT2D eigenvalue weighted by molar-refractivity contribution is 5.77. The summed E-state index contributed by atoms with van der Waals surface area (Å²) >= 11 is 0. The van der Waals surface area contributed by atoms with Crippen LogP contribution in [-0.2, 0) is 4.79 Å². The molecular formula is C9H17N3O. The normalized spacial score (nSPS) is 9.69. The van der Waals surface area contributed by atoms with E-state index in [0.717, 1.165) is 6.54 Å². The average Bonchev–Trinajstić information content (AvgIpc) is 2.12. The van der Waals surface area contributed by atoms with Gasteiger partial charge in [0.2, 0.25) is 5.91 Å². The highest BCUT2D eigenvalue weighted by Crippen LogP contribution is 1.89. The van der Waals surface area contributed by atoms with E-state index in [-0.39, 0.29) is 5.91 Å². The molecule has 0 saturated carbocycles. The van der Waals surface area contributed by atoms with E-state index in [1.165, 1.54) is 0 Å². The Morgan fingerprint density at radius 2 is 2.23 bits per heavy atom. The molecule has 1 N–H and O–H groups in total. The van der Waals surface area contributed by atoms with Gasteiger partial charge in [0.05, 0.1) is 12.6 Å².